The van der Waals surface area contributed by atoms with Crippen molar-refractivity contribution in [1.29, 1.82) is 0 Å². The molecular weight excluding hydrogens is 324 g/mol. The Kier molecular flexibility index (Phi) is 3.53. The fraction of sp³-hybridized carbons (Fsp3) is 0.600. The molecule has 5 nitrogen and oxygen atoms in total. The summed E-state index contributed by atoms with van der Waals surface area (Å²) in [4.78, 5) is 3.71. The predicted molar refractivity (Wildman–Crippen MR) is 84.2 cm³/mol. The van der Waals surface area contributed by atoms with Crippen molar-refractivity contribution in [3.63, 3.8) is 0 Å². The van der Waals surface area contributed by atoms with Crippen LogP contribution < -0.4 is 0 Å². The summed E-state index contributed by atoms with van der Waals surface area (Å²) in [6, 6.07) is 2.77. The second-order valence-electron chi connectivity index (χ2n) is 6.88. The third-order valence-corrected chi connectivity index (χ3v) is 7.06. The molecule has 2 saturated carbocycles. The van der Waals surface area contributed by atoms with Crippen LogP contribution in [0.4, 0.5) is 0 Å². The van der Waals surface area contributed by atoms with Crippen molar-refractivity contribution in [2.24, 2.45) is 21.9 Å². The summed E-state index contributed by atoms with van der Waals surface area (Å²) < 4.78 is 29.2. The second kappa shape index (κ2) is 4.93. The lowest BCUT2D eigenvalue weighted by Gasteiger charge is -2.34. The first kappa shape index (κ1) is 15.7. The molecule has 0 N–H and O–H groups in total. The molecule has 3 rings (SSSR count). The normalized spacial score (nSPS) is 31.6. The van der Waals surface area contributed by atoms with Crippen LogP contribution in [-0.4, -0.2) is 19.1 Å². The number of nitrogens with zero attached hydrogens (tertiary/aromatic N) is 2. The zero-order valence-corrected chi connectivity index (χ0v) is 14.4. The summed E-state index contributed by atoms with van der Waals surface area (Å²) in [5.41, 5.74) is 0.880. The maximum atomic E-state index is 12.2. The molecule has 1 aromatic heterocycles. The van der Waals surface area contributed by atoms with Crippen LogP contribution in [0.5, 0.6) is 0 Å². The first-order valence-corrected chi connectivity index (χ1v) is 9.08. The Morgan fingerprint density at radius 1 is 1.36 bits per heavy atom. The monoisotopic (exact) mass is 342 g/mol. The third kappa shape index (κ3) is 2.24. The van der Waals surface area contributed by atoms with E-state index >= 15 is 0 Å². The van der Waals surface area contributed by atoms with Crippen molar-refractivity contribution in [1.82, 2.24) is 4.98 Å². The lowest BCUT2D eigenvalue weighted by molar-refractivity contribution is 0.191. The van der Waals surface area contributed by atoms with E-state index in [1.165, 1.54) is 18.3 Å². The van der Waals surface area contributed by atoms with Gasteiger partial charge < -0.3 is 0 Å². The van der Waals surface area contributed by atoms with Gasteiger partial charge in [-0.2, -0.15) is 8.42 Å². The standard InChI is InChI=1S/C15H19ClN2O3S/c1-14(2)10-6-7-15(14,3)12(8-10)18-21-22(19,20)11-4-5-13(16)17-9-11/h4-5,9-10H,6-8H2,1-3H3. The van der Waals surface area contributed by atoms with E-state index in [9.17, 15) is 8.42 Å². The predicted octanol–water partition coefficient (Wildman–Crippen LogP) is 3.64. The molecule has 1 aromatic rings. The molecule has 0 aromatic carbocycles. The van der Waals surface area contributed by atoms with Crippen LogP contribution in [0.1, 0.15) is 40.0 Å². The van der Waals surface area contributed by atoms with Crippen molar-refractivity contribution < 1.29 is 12.7 Å². The smallest absolute Gasteiger partial charge is 0.265 e. The fourth-order valence-electron chi connectivity index (χ4n) is 3.71. The minimum atomic E-state index is -3.95. The van der Waals surface area contributed by atoms with Gasteiger partial charge in [0.15, 0.2) is 0 Å². The highest BCUT2D eigenvalue weighted by Gasteiger charge is 2.60. The first-order chi connectivity index (χ1) is 10.2. The van der Waals surface area contributed by atoms with Crippen molar-refractivity contribution in [3.05, 3.63) is 23.5 Å². The van der Waals surface area contributed by atoms with Crippen LogP contribution in [0.3, 0.4) is 0 Å². The van der Waals surface area contributed by atoms with Gasteiger partial charge in [0.05, 0.1) is 11.9 Å². The largest absolute Gasteiger partial charge is 0.360 e. The molecule has 0 spiro atoms. The van der Waals surface area contributed by atoms with Crippen molar-refractivity contribution in [3.8, 4) is 0 Å². The van der Waals surface area contributed by atoms with Crippen LogP contribution in [-0.2, 0) is 14.4 Å². The van der Waals surface area contributed by atoms with Gasteiger partial charge in [0.1, 0.15) is 10.0 Å². The molecule has 120 valence electrons. The molecule has 0 amide bonds. The minimum Gasteiger partial charge on any atom is -0.265 e. The molecule has 0 saturated heterocycles. The van der Waals surface area contributed by atoms with Gasteiger partial charge in [-0.1, -0.05) is 37.5 Å². The Balaban J connectivity index is 1.85. The van der Waals surface area contributed by atoms with E-state index in [2.05, 4.69) is 30.9 Å². The molecular formula is C15H19ClN2O3S. The van der Waals surface area contributed by atoms with Crippen LogP contribution >= 0.6 is 11.6 Å². The molecule has 7 heteroatoms. The number of hydrogen-bond donors (Lipinski definition) is 0. The summed E-state index contributed by atoms with van der Waals surface area (Å²) >= 11 is 5.66. The van der Waals surface area contributed by atoms with E-state index < -0.39 is 10.1 Å². The van der Waals surface area contributed by atoms with E-state index in [1.807, 2.05) is 0 Å². The van der Waals surface area contributed by atoms with Gasteiger partial charge in [0.2, 0.25) is 0 Å². The number of aromatic nitrogens is 1. The van der Waals surface area contributed by atoms with Crippen molar-refractivity contribution >= 4 is 27.4 Å². The second-order valence-corrected chi connectivity index (χ2v) is 8.79. The van der Waals surface area contributed by atoms with Gasteiger partial charge >= 0.3 is 10.1 Å². The Hall–Kier alpha value is -1.14. The fourth-order valence-corrected chi connectivity index (χ4v) is 4.52. The van der Waals surface area contributed by atoms with E-state index in [0.717, 1.165) is 25.0 Å². The van der Waals surface area contributed by atoms with E-state index in [1.54, 1.807) is 0 Å². The van der Waals surface area contributed by atoms with Gasteiger partial charge in [-0.15, -0.1) is 0 Å². The van der Waals surface area contributed by atoms with Gasteiger partial charge in [-0.05, 0) is 42.7 Å². The van der Waals surface area contributed by atoms with Crippen LogP contribution in [0.15, 0.2) is 28.4 Å². The highest BCUT2D eigenvalue weighted by Crippen LogP contribution is 2.64. The highest BCUT2D eigenvalue weighted by molar-refractivity contribution is 7.86. The van der Waals surface area contributed by atoms with Crippen LogP contribution in [0.2, 0.25) is 5.15 Å². The third-order valence-electron chi connectivity index (χ3n) is 5.75. The Morgan fingerprint density at radius 3 is 2.59 bits per heavy atom. The molecule has 2 atom stereocenters. The molecule has 22 heavy (non-hydrogen) atoms. The van der Waals surface area contributed by atoms with Crippen LogP contribution in [0, 0.1) is 16.7 Å². The molecule has 2 bridgehead atoms. The summed E-state index contributed by atoms with van der Waals surface area (Å²) in [6.07, 6.45) is 4.16. The summed E-state index contributed by atoms with van der Waals surface area (Å²) in [5.74, 6) is 0.541. The van der Waals surface area contributed by atoms with Crippen molar-refractivity contribution in [2.75, 3.05) is 0 Å². The maximum Gasteiger partial charge on any atom is 0.360 e. The quantitative estimate of drug-likeness (QED) is 0.621. The molecule has 0 aliphatic heterocycles. The number of fused-ring (bicyclic) bond motifs is 2. The topological polar surface area (TPSA) is 68.6 Å². The number of rotatable bonds is 3. The lowest BCUT2D eigenvalue weighted by Crippen LogP contribution is -2.32. The van der Waals surface area contributed by atoms with E-state index in [0.29, 0.717) is 5.92 Å². The maximum absolute atomic E-state index is 12.2. The minimum absolute atomic E-state index is 0.0474. The number of oxime groups is 1. The molecule has 2 aliphatic carbocycles. The summed E-state index contributed by atoms with van der Waals surface area (Å²) in [7, 11) is -3.95. The molecule has 2 aliphatic rings. The zero-order chi connectivity index (χ0) is 16.2. The molecule has 0 radical (unpaired) electrons. The summed E-state index contributed by atoms with van der Waals surface area (Å²) in [5, 5.41) is 4.24. The number of hydrogen-bond acceptors (Lipinski definition) is 5. The van der Waals surface area contributed by atoms with Gasteiger partial charge in [0.25, 0.3) is 0 Å². The SMILES string of the molecule is CC12CCC(CC1=NOS(=O)(=O)c1ccc(Cl)nc1)C2(C)C. The lowest BCUT2D eigenvalue weighted by atomic mass is 9.70. The number of halogens is 1. The van der Waals surface area contributed by atoms with Crippen molar-refractivity contribution in [2.45, 2.75) is 44.9 Å². The van der Waals surface area contributed by atoms with Gasteiger partial charge in [-0.3, -0.25) is 4.28 Å². The molecule has 2 unspecified atom stereocenters. The first-order valence-electron chi connectivity index (χ1n) is 7.29. The van der Waals surface area contributed by atoms with Gasteiger partial charge in [-0.25, -0.2) is 4.98 Å². The average molecular weight is 343 g/mol. The molecule has 1 heterocycles. The number of pyridine rings is 1. The van der Waals surface area contributed by atoms with Gasteiger partial charge in [0, 0.05) is 5.41 Å². The Morgan fingerprint density at radius 2 is 2.09 bits per heavy atom. The average Bonchev–Trinajstić information content (AvgIpc) is 2.78. The van der Waals surface area contributed by atoms with Crippen LogP contribution in [0.25, 0.3) is 0 Å². The summed E-state index contributed by atoms with van der Waals surface area (Å²) in [6.45, 7) is 6.61. The highest BCUT2D eigenvalue weighted by atomic mass is 35.5. The Bertz CT molecular complexity index is 728. The van der Waals surface area contributed by atoms with E-state index in [4.69, 9.17) is 15.9 Å². The zero-order valence-electron chi connectivity index (χ0n) is 12.8. The van der Waals surface area contributed by atoms with E-state index in [-0.39, 0.29) is 20.9 Å². The Labute approximate surface area is 135 Å². The molecule has 2 fully saturated rings.